The summed E-state index contributed by atoms with van der Waals surface area (Å²) in [7, 11) is -3.96. The predicted molar refractivity (Wildman–Crippen MR) is 179 cm³/mol. The van der Waals surface area contributed by atoms with Crippen LogP contribution in [0.5, 0.6) is 5.75 Å². The summed E-state index contributed by atoms with van der Waals surface area (Å²) in [6.45, 7) is -0.0573. The van der Waals surface area contributed by atoms with Crippen LogP contribution in [0.2, 0.25) is 5.02 Å². The molecule has 0 aliphatic carbocycles. The lowest BCUT2D eigenvalue weighted by Crippen LogP contribution is -2.45. The van der Waals surface area contributed by atoms with Crippen LogP contribution in [0.25, 0.3) is 0 Å². The molecule has 0 fully saturated rings. The van der Waals surface area contributed by atoms with Gasteiger partial charge in [0.2, 0.25) is 5.91 Å². The van der Waals surface area contributed by atoms with Crippen molar-refractivity contribution in [2.75, 3.05) is 11.3 Å². The predicted octanol–water partition coefficient (Wildman–Crippen LogP) is 6.75. The molecule has 0 heterocycles. The van der Waals surface area contributed by atoms with Gasteiger partial charge in [-0.1, -0.05) is 84.4 Å². The molecule has 5 aromatic carbocycles. The zero-order valence-corrected chi connectivity index (χ0v) is 26.6. The molecule has 0 saturated heterocycles. The van der Waals surface area contributed by atoms with Gasteiger partial charge in [-0.05, 0) is 77.4 Å². The van der Waals surface area contributed by atoms with E-state index in [9.17, 15) is 22.4 Å². The lowest BCUT2D eigenvalue weighted by Gasteiger charge is -2.31. The molecule has 5 aromatic rings. The van der Waals surface area contributed by atoms with Crippen LogP contribution < -0.4 is 14.8 Å². The van der Waals surface area contributed by atoms with Crippen molar-refractivity contribution >= 4 is 39.1 Å². The highest BCUT2D eigenvalue weighted by molar-refractivity contribution is 7.92. The highest BCUT2D eigenvalue weighted by Gasteiger charge is 2.32. The SMILES string of the molecule is O=C(NCc1ccc(Cl)cc1)[C@H](c1ccccc1)N(Cc1ccccc1)C(=O)COc1ccc(S(=O)(=O)Nc2ccc(F)cc2)cc1. The highest BCUT2D eigenvalue weighted by atomic mass is 35.5. The van der Waals surface area contributed by atoms with Gasteiger partial charge >= 0.3 is 0 Å². The van der Waals surface area contributed by atoms with E-state index in [1.165, 1.54) is 41.3 Å². The molecule has 11 heteroatoms. The molecule has 2 N–H and O–H groups in total. The van der Waals surface area contributed by atoms with Crippen molar-refractivity contribution in [2.24, 2.45) is 0 Å². The number of anilines is 1. The topological polar surface area (TPSA) is 105 Å². The van der Waals surface area contributed by atoms with E-state index < -0.39 is 34.4 Å². The Hall–Kier alpha value is -5.19. The largest absolute Gasteiger partial charge is 0.484 e. The van der Waals surface area contributed by atoms with Crippen molar-refractivity contribution in [2.45, 2.75) is 24.0 Å². The Kier molecular flexibility index (Phi) is 10.9. The molecular formula is C36H31ClFN3O5S. The van der Waals surface area contributed by atoms with Crippen LogP contribution in [0.3, 0.4) is 0 Å². The number of halogens is 2. The zero-order chi connectivity index (χ0) is 33.2. The van der Waals surface area contributed by atoms with Crippen LogP contribution in [0.1, 0.15) is 22.7 Å². The number of carbonyl (C=O) groups excluding carboxylic acids is 2. The standard InChI is InChI=1S/C36H31ClFN3O5S/c37-29-13-11-26(12-14-29)23-39-36(43)35(28-9-5-2-6-10-28)41(24-27-7-3-1-4-8-27)34(42)25-46-32-19-21-33(22-20-32)47(44,45)40-31-17-15-30(38)16-18-31/h1-22,35,40H,23-25H2,(H,39,43)/t35-/m0/s1. The summed E-state index contributed by atoms with van der Waals surface area (Å²) < 4.78 is 47.0. The van der Waals surface area contributed by atoms with Crippen LogP contribution in [0.15, 0.2) is 138 Å². The lowest BCUT2D eigenvalue weighted by molar-refractivity contribution is -0.143. The average molecular weight is 672 g/mol. The Morgan fingerprint density at radius 2 is 1.38 bits per heavy atom. The number of carbonyl (C=O) groups is 2. The number of ether oxygens (including phenoxy) is 1. The zero-order valence-electron chi connectivity index (χ0n) is 25.1. The maximum Gasteiger partial charge on any atom is 0.261 e. The number of nitrogens with zero attached hydrogens (tertiary/aromatic N) is 1. The normalized spacial score (nSPS) is 11.7. The van der Waals surface area contributed by atoms with Gasteiger partial charge in [0.15, 0.2) is 6.61 Å². The van der Waals surface area contributed by atoms with Crippen molar-refractivity contribution in [3.05, 3.63) is 161 Å². The molecule has 0 aliphatic heterocycles. The van der Waals surface area contributed by atoms with Gasteiger partial charge in [-0.3, -0.25) is 14.3 Å². The Morgan fingerprint density at radius 3 is 2.02 bits per heavy atom. The Balaban J connectivity index is 1.34. The molecule has 240 valence electrons. The van der Waals surface area contributed by atoms with Gasteiger partial charge < -0.3 is 15.0 Å². The molecule has 0 aromatic heterocycles. The van der Waals surface area contributed by atoms with Gasteiger partial charge in [0.25, 0.3) is 15.9 Å². The maximum absolute atomic E-state index is 13.9. The molecular weight excluding hydrogens is 641 g/mol. The first-order valence-corrected chi connectivity index (χ1v) is 16.5. The molecule has 0 unspecified atom stereocenters. The second-order valence-corrected chi connectivity index (χ2v) is 12.7. The van der Waals surface area contributed by atoms with Crippen molar-refractivity contribution in [3.63, 3.8) is 0 Å². The van der Waals surface area contributed by atoms with Crippen LogP contribution >= 0.6 is 11.6 Å². The third kappa shape index (κ3) is 9.18. The summed E-state index contributed by atoms with van der Waals surface area (Å²) in [5.74, 6) is -1.07. The number of hydrogen-bond donors (Lipinski definition) is 2. The summed E-state index contributed by atoms with van der Waals surface area (Å²) in [5, 5.41) is 3.54. The molecule has 0 aliphatic rings. The van der Waals surface area contributed by atoms with E-state index in [4.69, 9.17) is 16.3 Å². The molecule has 1 atom stereocenters. The van der Waals surface area contributed by atoms with Crippen LogP contribution in [-0.2, 0) is 32.7 Å². The minimum Gasteiger partial charge on any atom is -0.484 e. The van der Waals surface area contributed by atoms with Crippen LogP contribution in [0, 0.1) is 5.82 Å². The molecule has 0 saturated carbocycles. The van der Waals surface area contributed by atoms with Crippen molar-refractivity contribution < 1.29 is 27.1 Å². The number of amides is 2. The van der Waals surface area contributed by atoms with E-state index in [2.05, 4.69) is 10.0 Å². The second-order valence-electron chi connectivity index (χ2n) is 10.5. The first-order valence-electron chi connectivity index (χ1n) is 14.6. The molecule has 0 radical (unpaired) electrons. The fourth-order valence-corrected chi connectivity index (χ4v) is 5.96. The van der Waals surface area contributed by atoms with Crippen LogP contribution in [-0.4, -0.2) is 31.7 Å². The van der Waals surface area contributed by atoms with E-state index >= 15 is 0 Å². The average Bonchev–Trinajstić information content (AvgIpc) is 3.09. The Bertz CT molecular complexity index is 1890. The van der Waals surface area contributed by atoms with Crippen LogP contribution in [0.4, 0.5) is 10.1 Å². The number of hydrogen-bond acceptors (Lipinski definition) is 5. The molecule has 0 spiro atoms. The number of rotatable bonds is 13. The van der Waals surface area contributed by atoms with E-state index in [1.54, 1.807) is 36.4 Å². The van der Waals surface area contributed by atoms with Crippen molar-refractivity contribution in [1.82, 2.24) is 10.2 Å². The molecule has 2 amide bonds. The summed E-state index contributed by atoms with van der Waals surface area (Å²) >= 11 is 6.01. The van der Waals surface area contributed by atoms with E-state index in [0.717, 1.165) is 23.3 Å². The van der Waals surface area contributed by atoms with E-state index in [0.29, 0.717) is 10.6 Å². The minimum atomic E-state index is -3.96. The molecule has 8 nitrogen and oxygen atoms in total. The van der Waals surface area contributed by atoms with Crippen molar-refractivity contribution in [3.8, 4) is 5.75 Å². The summed E-state index contributed by atoms with van der Waals surface area (Å²) in [6, 6.07) is 34.9. The quantitative estimate of drug-likeness (QED) is 0.144. The minimum absolute atomic E-state index is 0.0484. The number of sulfonamides is 1. The van der Waals surface area contributed by atoms with Crippen molar-refractivity contribution in [1.29, 1.82) is 0 Å². The monoisotopic (exact) mass is 671 g/mol. The molecule has 47 heavy (non-hydrogen) atoms. The van der Waals surface area contributed by atoms with E-state index in [1.807, 2.05) is 48.5 Å². The first-order chi connectivity index (χ1) is 22.7. The second kappa shape index (κ2) is 15.4. The van der Waals surface area contributed by atoms with E-state index in [-0.39, 0.29) is 35.3 Å². The van der Waals surface area contributed by atoms with Gasteiger partial charge in [0.05, 0.1) is 4.90 Å². The highest BCUT2D eigenvalue weighted by Crippen LogP contribution is 2.25. The van der Waals surface area contributed by atoms with Gasteiger partial charge in [0.1, 0.15) is 17.6 Å². The number of nitrogens with one attached hydrogen (secondary N) is 2. The summed E-state index contributed by atoms with van der Waals surface area (Å²) in [6.07, 6.45) is 0. The smallest absolute Gasteiger partial charge is 0.261 e. The maximum atomic E-state index is 13.9. The lowest BCUT2D eigenvalue weighted by atomic mass is 10.0. The van der Waals surface area contributed by atoms with Gasteiger partial charge in [-0.25, -0.2) is 12.8 Å². The molecule has 0 bridgehead atoms. The first kappa shape index (κ1) is 33.2. The van der Waals surface area contributed by atoms with Gasteiger partial charge in [0, 0.05) is 23.8 Å². The fourth-order valence-electron chi connectivity index (χ4n) is 4.77. The summed E-state index contributed by atoms with van der Waals surface area (Å²) in [4.78, 5) is 29.1. The molecule has 5 rings (SSSR count). The fraction of sp³-hybridized carbons (Fsp3) is 0.111. The third-order valence-corrected chi connectivity index (χ3v) is 8.81. The third-order valence-electron chi connectivity index (χ3n) is 7.16. The van der Waals surface area contributed by atoms with Gasteiger partial charge in [-0.2, -0.15) is 0 Å². The summed E-state index contributed by atoms with van der Waals surface area (Å²) in [5.41, 5.74) is 2.49. The van der Waals surface area contributed by atoms with Gasteiger partial charge in [-0.15, -0.1) is 0 Å². The Labute approximate surface area is 277 Å². The Morgan fingerprint density at radius 1 is 0.766 bits per heavy atom. The number of benzene rings is 5.